The van der Waals surface area contributed by atoms with Gasteiger partial charge < -0.3 is 4.57 Å². The van der Waals surface area contributed by atoms with E-state index in [0.717, 1.165) is 5.52 Å². The Morgan fingerprint density at radius 2 is 2.14 bits per heavy atom. The fraction of sp³-hybridized carbons (Fsp3) is 0.250. The molecule has 0 amide bonds. The number of nitrogens with zero attached hydrogens (tertiary/aromatic N) is 1. The molecule has 0 aliphatic rings. The van der Waals surface area contributed by atoms with Gasteiger partial charge in [-0.2, -0.15) is 0 Å². The number of aryl methyl sites for hydroxylation is 1. The van der Waals surface area contributed by atoms with E-state index >= 15 is 0 Å². The Labute approximate surface area is 83.2 Å². The van der Waals surface area contributed by atoms with Crippen molar-refractivity contribution in [3.8, 4) is 0 Å². The van der Waals surface area contributed by atoms with Gasteiger partial charge in [0.25, 0.3) is 0 Å². The van der Waals surface area contributed by atoms with Crippen molar-refractivity contribution in [2.75, 3.05) is 0 Å². The molecule has 0 aliphatic carbocycles. The van der Waals surface area contributed by atoms with E-state index in [1.54, 1.807) is 6.92 Å². The second kappa shape index (κ2) is 3.29. The summed E-state index contributed by atoms with van der Waals surface area (Å²) in [6, 6.07) is 8.31. The fourth-order valence-electron chi connectivity index (χ4n) is 1.70. The molecule has 14 heavy (non-hydrogen) atoms. The van der Waals surface area contributed by atoms with Gasteiger partial charge in [0.1, 0.15) is 5.78 Å². The van der Waals surface area contributed by atoms with Gasteiger partial charge in [0.2, 0.25) is 0 Å². The van der Waals surface area contributed by atoms with Crippen LogP contribution in [0.2, 0.25) is 0 Å². The van der Waals surface area contributed by atoms with Crippen LogP contribution in [0.5, 0.6) is 0 Å². The van der Waals surface area contributed by atoms with Crippen molar-refractivity contribution >= 4 is 16.7 Å². The quantitative estimate of drug-likeness (QED) is 0.708. The van der Waals surface area contributed by atoms with Gasteiger partial charge in [-0.3, -0.25) is 4.79 Å². The van der Waals surface area contributed by atoms with Crippen LogP contribution in [0.15, 0.2) is 30.5 Å². The molecule has 0 spiro atoms. The summed E-state index contributed by atoms with van der Waals surface area (Å²) < 4.78 is 1.98. The molecule has 1 aromatic heterocycles. The van der Waals surface area contributed by atoms with Crippen LogP contribution in [0.1, 0.15) is 12.5 Å². The molecule has 2 heteroatoms. The predicted molar refractivity (Wildman–Crippen MR) is 57.4 cm³/mol. The van der Waals surface area contributed by atoms with Crippen molar-refractivity contribution in [2.45, 2.75) is 20.4 Å². The largest absolute Gasteiger partial charge is 0.340 e. The third-order valence-corrected chi connectivity index (χ3v) is 2.32. The van der Waals surface area contributed by atoms with Crippen LogP contribution in [-0.4, -0.2) is 10.4 Å². The lowest BCUT2D eigenvalue weighted by Gasteiger charge is -2.01. The van der Waals surface area contributed by atoms with Gasteiger partial charge in [0, 0.05) is 11.7 Å². The predicted octanol–water partition coefficient (Wildman–Crippen LogP) is 2.54. The van der Waals surface area contributed by atoms with E-state index in [2.05, 4.69) is 25.1 Å². The molecule has 0 N–H and O–H groups in total. The number of hydrogen-bond acceptors (Lipinski definition) is 1. The number of fused-ring (bicyclic) bond motifs is 1. The molecule has 2 nitrogen and oxygen atoms in total. The number of carbonyl (C=O) groups excluding carboxylic acids is 1. The van der Waals surface area contributed by atoms with Gasteiger partial charge in [-0.15, -0.1) is 0 Å². The van der Waals surface area contributed by atoms with Crippen LogP contribution < -0.4 is 0 Å². The van der Waals surface area contributed by atoms with Gasteiger partial charge in [-0.1, -0.05) is 11.6 Å². The third-order valence-electron chi connectivity index (χ3n) is 2.32. The highest BCUT2D eigenvalue weighted by Crippen LogP contribution is 2.17. The van der Waals surface area contributed by atoms with Crippen molar-refractivity contribution in [1.82, 2.24) is 4.57 Å². The summed E-state index contributed by atoms with van der Waals surface area (Å²) in [5.41, 5.74) is 2.38. The van der Waals surface area contributed by atoms with Gasteiger partial charge in [-0.05, 0) is 37.4 Å². The number of Topliss-reactive ketones (excluding diaryl/α,β-unsaturated/α-hetero) is 1. The molecule has 1 heterocycles. The maximum Gasteiger partial charge on any atom is 0.149 e. The van der Waals surface area contributed by atoms with Crippen molar-refractivity contribution in [2.24, 2.45) is 0 Å². The molecule has 72 valence electrons. The summed E-state index contributed by atoms with van der Waals surface area (Å²) in [6.45, 7) is 4.15. The lowest BCUT2D eigenvalue weighted by molar-refractivity contribution is -0.117. The molecular formula is C12H13NO. The average molecular weight is 187 g/mol. The SMILES string of the molecule is CC(=O)Cn1ccc2cc(C)ccc21. The van der Waals surface area contributed by atoms with Crippen LogP contribution in [0.3, 0.4) is 0 Å². The van der Waals surface area contributed by atoms with E-state index in [1.165, 1.54) is 10.9 Å². The van der Waals surface area contributed by atoms with E-state index in [4.69, 9.17) is 0 Å². The molecule has 0 saturated carbocycles. The minimum Gasteiger partial charge on any atom is -0.340 e. The highest BCUT2D eigenvalue weighted by atomic mass is 16.1. The molecule has 0 radical (unpaired) electrons. The first-order valence-electron chi connectivity index (χ1n) is 4.72. The molecule has 0 unspecified atom stereocenters. The summed E-state index contributed by atoms with van der Waals surface area (Å²) in [5.74, 6) is 0.183. The molecule has 0 saturated heterocycles. The maximum atomic E-state index is 11.0. The minimum absolute atomic E-state index is 0.183. The van der Waals surface area contributed by atoms with E-state index in [0.29, 0.717) is 6.54 Å². The maximum absolute atomic E-state index is 11.0. The Balaban J connectivity index is 2.52. The molecule has 0 bridgehead atoms. The number of hydrogen-bond donors (Lipinski definition) is 0. The first kappa shape index (κ1) is 9.00. The number of rotatable bonds is 2. The van der Waals surface area contributed by atoms with Crippen molar-refractivity contribution in [3.63, 3.8) is 0 Å². The third kappa shape index (κ3) is 1.55. The summed E-state index contributed by atoms with van der Waals surface area (Å²) in [5, 5.41) is 1.20. The van der Waals surface area contributed by atoms with E-state index in [1.807, 2.05) is 16.8 Å². The lowest BCUT2D eigenvalue weighted by atomic mass is 10.2. The monoisotopic (exact) mass is 187 g/mol. The molecule has 2 aromatic rings. The number of aromatic nitrogens is 1. The number of benzene rings is 1. The van der Waals surface area contributed by atoms with Crippen LogP contribution in [0.25, 0.3) is 10.9 Å². The fourth-order valence-corrected chi connectivity index (χ4v) is 1.70. The topological polar surface area (TPSA) is 22.0 Å². The second-order valence-corrected chi connectivity index (χ2v) is 3.71. The van der Waals surface area contributed by atoms with Gasteiger partial charge in [-0.25, -0.2) is 0 Å². The van der Waals surface area contributed by atoms with E-state index in [9.17, 15) is 4.79 Å². The number of ketones is 1. The standard InChI is InChI=1S/C12H13NO/c1-9-3-4-12-11(7-9)5-6-13(12)8-10(2)14/h3-7H,8H2,1-2H3. The zero-order valence-electron chi connectivity index (χ0n) is 8.45. The molecule has 0 fully saturated rings. The minimum atomic E-state index is 0.183. The zero-order chi connectivity index (χ0) is 10.1. The Morgan fingerprint density at radius 3 is 2.86 bits per heavy atom. The van der Waals surface area contributed by atoms with Gasteiger partial charge in [0.05, 0.1) is 6.54 Å². The van der Waals surface area contributed by atoms with E-state index in [-0.39, 0.29) is 5.78 Å². The summed E-state index contributed by atoms with van der Waals surface area (Å²) in [7, 11) is 0. The van der Waals surface area contributed by atoms with Crippen molar-refractivity contribution in [3.05, 3.63) is 36.0 Å². The van der Waals surface area contributed by atoms with E-state index < -0.39 is 0 Å². The average Bonchev–Trinajstić information content (AvgIpc) is 2.47. The Morgan fingerprint density at radius 1 is 1.36 bits per heavy atom. The van der Waals surface area contributed by atoms with Crippen LogP contribution in [0, 0.1) is 6.92 Å². The zero-order valence-corrected chi connectivity index (χ0v) is 8.45. The highest BCUT2D eigenvalue weighted by molar-refractivity contribution is 5.83. The second-order valence-electron chi connectivity index (χ2n) is 3.71. The van der Waals surface area contributed by atoms with Crippen LogP contribution >= 0.6 is 0 Å². The Kier molecular flexibility index (Phi) is 2.12. The van der Waals surface area contributed by atoms with Crippen LogP contribution in [-0.2, 0) is 11.3 Å². The van der Waals surface area contributed by atoms with Gasteiger partial charge >= 0.3 is 0 Å². The first-order valence-corrected chi connectivity index (χ1v) is 4.72. The molecular weight excluding hydrogens is 174 g/mol. The van der Waals surface area contributed by atoms with Crippen molar-refractivity contribution in [1.29, 1.82) is 0 Å². The van der Waals surface area contributed by atoms with Crippen LogP contribution in [0.4, 0.5) is 0 Å². The molecule has 0 atom stereocenters. The number of carbonyl (C=O) groups is 1. The first-order chi connectivity index (χ1) is 6.66. The van der Waals surface area contributed by atoms with Gasteiger partial charge in [0.15, 0.2) is 0 Å². The summed E-state index contributed by atoms with van der Waals surface area (Å²) in [6.07, 6.45) is 1.96. The Hall–Kier alpha value is -1.57. The lowest BCUT2D eigenvalue weighted by Crippen LogP contribution is -2.04. The summed E-state index contributed by atoms with van der Waals surface area (Å²) >= 11 is 0. The summed E-state index contributed by atoms with van der Waals surface area (Å²) in [4.78, 5) is 11.0. The molecule has 0 aliphatic heterocycles. The Bertz CT molecular complexity index is 482. The normalized spacial score (nSPS) is 10.7. The smallest absolute Gasteiger partial charge is 0.149 e. The molecule has 1 aromatic carbocycles. The highest BCUT2D eigenvalue weighted by Gasteiger charge is 2.02. The van der Waals surface area contributed by atoms with Crippen molar-refractivity contribution < 1.29 is 4.79 Å². The molecule has 2 rings (SSSR count).